The van der Waals surface area contributed by atoms with E-state index in [0.29, 0.717) is 6.42 Å². The molecular weight excluding hydrogens is 224 g/mol. The van der Waals surface area contributed by atoms with Crippen molar-refractivity contribution in [2.24, 2.45) is 5.92 Å². The van der Waals surface area contributed by atoms with E-state index in [1.54, 1.807) is 0 Å². The monoisotopic (exact) mass is 254 g/mol. The summed E-state index contributed by atoms with van der Waals surface area (Å²) in [5, 5.41) is 6.36. The summed E-state index contributed by atoms with van der Waals surface area (Å²) < 4.78 is 0. The van der Waals surface area contributed by atoms with Crippen LogP contribution < -0.4 is 10.6 Å². The summed E-state index contributed by atoms with van der Waals surface area (Å²) in [5.41, 5.74) is 0. The fourth-order valence-electron chi connectivity index (χ4n) is 2.61. The fraction of sp³-hybridized carbons (Fsp3) is 0.933. The van der Waals surface area contributed by atoms with Gasteiger partial charge in [-0.05, 0) is 31.7 Å². The lowest BCUT2D eigenvalue weighted by Gasteiger charge is -2.19. The van der Waals surface area contributed by atoms with Crippen molar-refractivity contribution in [3.63, 3.8) is 0 Å². The molecule has 3 heteroatoms. The smallest absolute Gasteiger partial charge is 0.221 e. The van der Waals surface area contributed by atoms with Crippen molar-refractivity contribution in [3.05, 3.63) is 0 Å². The Labute approximate surface area is 112 Å². The Hall–Kier alpha value is -0.570. The first-order valence-corrected chi connectivity index (χ1v) is 7.80. The lowest BCUT2D eigenvalue weighted by Crippen LogP contribution is -2.30. The Balaban J connectivity index is 2.00. The number of amides is 1. The minimum absolute atomic E-state index is 0.182. The maximum absolute atomic E-state index is 11.4. The van der Waals surface area contributed by atoms with Gasteiger partial charge in [0.1, 0.15) is 0 Å². The second-order valence-corrected chi connectivity index (χ2v) is 5.52. The third-order valence-electron chi connectivity index (χ3n) is 3.76. The molecule has 2 N–H and O–H groups in total. The van der Waals surface area contributed by atoms with Gasteiger partial charge in [-0.15, -0.1) is 0 Å². The normalized spacial score (nSPS) is 18.1. The van der Waals surface area contributed by atoms with E-state index in [0.717, 1.165) is 32.0 Å². The molecule has 1 amide bonds. The number of carbonyl (C=O) groups excluding carboxylic acids is 1. The van der Waals surface area contributed by atoms with Crippen molar-refractivity contribution >= 4 is 5.91 Å². The molecular formula is C15H30N2O. The standard InChI is InChI=1S/C15H30N2O/c1-2-11-17-15(18)10-12-16-13-14-8-6-4-3-5-7-9-14/h14,16H,2-13H2,1H3,(H,17,18). The highest BCUT2D eigenvalue weighted by molar-refractivity contribution is 5.75. The molecule has 0 saturated heterocycles. The van der Waals surface area contributed by atoms with Crippen LogP contribution >= 0.6 is 0 Å². The average molecular weight is 254 g/mol. The zero-order chi connectivity index (χ0) is 13.1. The molecule has 0 heterocycles. The van der Waals surface area contributed by atoms with Gasteiger partial charge in [-0.25, -0.2) is 0 Å². The number of nitrogens with one attached hydrogen (secondary N) is 2. The van der Waals surface area contributed by atoms with Gasteiger partial charge < -0.3 is 10.6 Å². The van der Waals surface area contributed by atoms with E-state index < -0.39 is 0 Å². The van der Waals surface area contributed by atoms with Gasteiger partial charge in [-0.3, -0.25) is 4.79 Å². The van der Waals surface area contributed by atoms with E-state index in [1.165, 1.54) is 44.9 Å². The molecule has 0 atom stereocenters. The van der Waals surface area contributed by atoms with E-state index in [2.05, 4.69) is 17.6 Å². The predicted octanol–water partition coefficient (Wildman–Crippen LogP) is 2.85. The molecule has 1 aliphatic carbocycles. The highest BCUT2D eigenvalue weighted by Gasteiger charge is 2.10. The Morgan fingerprint density at radius 3 is 2.39 bits per heavy atom. The third kappa shape index (κ3) is 7.70. The van der Waals surface area contributed by atoms with Crippen LogP contribution in [0.3, 0.4) is 0 Å². The molecule has 1 aliphatic rings. The molecule has 1 rings (SSSR count). The fourth-order valence-corrected chi connectivity index (χ4v) is 2.61. The first-order chi connectivity index (χ1) is 8.83. The molecule has 0 aromatic heterocycles. The molecule has 1 saturated carbocycles. The largest absolute Gasteiger partial charge is 0.356 e. The van der Waals surface area contributed by atoms with E-state index in [-0.39, 0.29) is 5.91 Å². The molecule has 1 fully saturated rings. The van der Waals surface area contributed by atoms with Crippen molar-refractivity contribution in [3.8, 4) is 0 Å². The summed E-state index contributed by atoms with van der Waals surface area (Å²) in [6.45, 7) is 4.81. The van der Waals surface area contributed by atoms with Crippen LogP contribution in [0.15, 0.2) is 0 Å². The van der Waals surface area contributed by atoms with Crippen LogP contribution in [0, 0.1) is 5.92 Å². The Morgan fingerprint density at radius 1 is 1.06 bits per heavy atom. The second kappa shape index (κ2) is 10.4. The van der Waals surface area contributed by atoms with Gasteiger partial charge in [0, 0.05) is 19.5 Å². The first kappa shape index (κ1) is 15.5. The number of rotatable bonds is 7. The first-order valence-electron chi connectivity index (χ1n) is 7.80. The van der Waals surface area contributed by atoms with Crippen LogP contribution in [0.4, 0.5) is 0 Å². The predicted molar refractivity (Wildman–Crippen MR) is 76.6 cm³/mol. The lowest BCUT2D eigenvalue weighted by molar-refractivity contribution is -0.120. The van der Waals surface area contributed by atoms with E-state index in [1.807, 2.05) is 0 Å². The van der Waals surface area contributed by atoms with Gasteiger partial charge in [-0.1, -0.05) is 39.0 Å². The highest BCUT2D eigenvalue weighted by atomic mass is 16.1. The molecule has 18 heavy (non-hydrogen) atoms. The molecule has 0 aliphatic heterocycles. The van der Waals surface area contributed by atoms with Crippen molar-refractivity contribution in [1.29, 1.82) is 0 Å². The SMILES string of the molecule is CCCNC(=O)CCNCC1CCCCCCC1. The second-order valence-electron chi connectivity index (χ2n) is 5.52. The Morgan fingerprint density at radius 2 is 1.72 bits per heavy atom. The van der Waals surface area contributed by atoms with Gasteiger partial charge in [0.15, 0.2) is 0 Å². The van der Waals surface area contributed by atoms with Crippen LogP contribution in [-0.4, -0.2) is 25.5 Å². The van der Waals surface area contributed by atoms with E-state index >= 15 is 0 Å². The summed E-state index contributed by atoms with van der Waals surface area (Å²) in [6, 6.07) is 0. The molecule has 3 nitrogen and oxygen atoms in total. The Kier molecular flexibility index (Phi) is 8.92. The number of carbonyl (C=O) groups is 1. The van der Waals surface area contributed by atoms with Crippen molar-refractivity contribution in [1.82, 2.24) is 10.6 Å². The molecule has 106 valence electrons. The summed E-state index contributed by atoms with van der Waals surface area (Å²) in [7, 11) is 0. The van der Waals surface area contributed by atoms with Gasteiger partial charge in [-0.2, -0.15) is 0 Å². The van der Waals surface area contributed by atoms with Crippen molar-refractivity contribution in [2.45, 2.75) is 64.7 Å². The van der Waals surface area contributed by atoms with Crippen LogP contribution in [0.1, 0.15) is 64.7 Å². The molecule has 0 bridgehead atoms. The van der Waals surface area contributed by atoms with Crippen LogP contribution in [0.5, 0.6) is 0 Å². The zero-order valence-electron chi connectivity index (χ0n) is 12.0. The van der Waals surface area contributed by atoms with Crippen LogP contribution in [-0.2, 0) is 4.79 Å². The molecule has 0 radical (unpaired) electrons. The van der Waals surface area contributed by atoms with Gasteiger partial charge in [0.2, 0.25) is 5.91 Å². The minimum Gasteiger partial charge on any atom is -0.356 e. The van der Waals surface area contributed by atoms with Gasteiger partial charge in [0.05, 0.1) is 0 Å². The lowest BCUT2D eigenvalue weighted by atomic mass is 9.91. The topological polar surface area (TPSA) is 41.1 Å². The summed E-state index contributed by atoms with van der Waals surface area (Å²) in [5.74, 6) is 1.02. The quantitative estimate of drug-likeness (QED) is 0.686. The van der Waals surface area contributed by atoms with E-state index in [4.69, 9.17) is 0 Å². The van der Waals surface area contributed by atoms with Gasteiger partial charge in [0.25, 0.3) is 0 Å². The molecule has 0 unspecified atom stereocenters. The maximum Gasteiger partial charge on any atom is 0.221 e. The Bertz CT molecular complexity index is 211. The van der Waals surface area contributed by atoms with Gasteiger partial charge >= 0.3 is 0 Å². The van der Waals surface area contributed by atoms with Crippen LogP contribution in [0.25, 0.3) is 0 Å². The maximum atomic E-state index is 11.4. The molecule has 0 spiro atoms. The third-order valence-corrected chi connectivity index (χ3v) is 3.76. The van der Waals surface area contributed by atoms with Crippen LogP contribution in [0.2, 0.25) is 0 Å². The minimum atomic E-state index is 0.182. The van der Waals surface area contributed by atoms with Crippen molar-refractivity contribution < 1.29 is 4.79 Å². The zero-order valence-corrected chi connectivity index (χ0v) is 12.0. The summed E-state index contributed by atoms with van der Waals surface area (Å²) in [6.07, 6.45) is 11.4. The summed E-state index contributed by atoms with van der Waals surface area (Å²) in [4.78, 5) is 11.4. The van der Waals surface area contributed by atoms with Crippen molar-refractivity contribution in [2.75, 3.05) is 19.6 Å². The number of hydrogen-bond donors (Lipinski definition) is 2. The van der Waals surface area contributed by atoms with E-state index in [9.17, 15) is 4.79 Å². The molecule has 0 aromatic carbocycles. The molecule has 0 aromatic rings. The summed E-state index contributed by atoms with van der Waals surface area (Å²) >= 11 is 0. The number of hydrogen-bond acceptors (Lipinski definition) is 2. The highest BCUT2D eigenvalue weighted by Crippen LogP contribution is 2.21. The average Bonchev–Trinajstić information content (AvgIpc) is 2.34.